The number of nitrogens with one attached hydrogen (secondary N) is 1. The quantitative estimate of drug-likeness (QED) is 0.825. The Morgan fingerprint density at radius 2 is 1.93 bits per heavy atom. The maximum absolute atomic E-state index is 13.2. The van der Waals surface area contributed by atoms with Crippen molar-refractivity contribution in [3.63, 3.8) is 0 Å². The molecule has 1 aromatic heterocycles. The smallest absolute Gasteiger partial charge is 0.258 e. The van der Waals surface area contributed by atoms with Gasteiger partial charge in [0.1, 0.15) is 11.3 Å². The predicted octanol–water partition coefficient (Wildman–Crippen LogP) is 2.93. The molecule has 9 heteroatoms. The van der Waals surface area contributed by atoms with E-state index in [1.807, 2.05) is 36.1 Å². The lowest BCUT2D eigenvalue weighted by atomic mass is 10.0. The zero-order valence-electron chi connectivity index (χ0n) is 15.4. The summed E-state index contributed by atoms with van der Waals surface area (Å²) in [6.07, 6.45) is 2.04. The second-order valence-electron chi connectivity index (χ2n) is 7.83. The van der Waals surface area contributed by atoms with Gasteiger partial charge < -0.3 is 10.2 Å². The molecule has 28 heavy (non-hydrogen) atoms. The SMILES string of the molecule is Cc1nn([C@@H]2CCS(=O)(=O)C2)c(Cl)c1[C@@H]1Nc2ccccc2C(=O)N1C1CC1. The van der Waals surface area contributed by atoms with Crippen molar-refractivity contribution in [2.24, 2.45) is 0 Å². The highest BCUT2D eigenvalue weighted by atomic mass is 35.5. The monoisotopic (exact) mass is 420 g/mol. The molecule has 1 N–H and O–H groups in total. The van der Waals surface area contributed by atoms with Crippen LogP contribution in [-0.2, 0) is 9.84 Å². The van der Waals surface area contributed by atoms with E-state index in [-0.39, 0.29) is 29.5 Å². The van der Waals surface area contributed by atoms with Crippen molar-refractivity contribution in [2.45, 2.75) is 44.4 Å². The number of hydrogen-bond donors (Lipinski definition) is 1. The molecule has 1 saturated carbocycles. The number of sulfone groups is 1. The van der Waals surface area contributed by atoms with Gasteiger partial charge in [-0.1, -0.05) is 23.7 Å². The van der Waals surface area contributed by atoms with Crippen LogP contribution >= 0.6 is 11.6 Å². The largest absolute Gasteiger partial charge is 0.361 e. The number of benzene rings is 1. The first kappa shape index (κ1) is 18.0. The van der Waals surface area contributed by atoms with Gasteiger partial charge in [0.2, 0.25) is 0 Å². The molecule has 1 aliphatic carbocycles. The van der Waals surface area contributed by atoms with Gasteiger partial charge in [0.25, 0.3) is 5.91 Å². The van der Waals surface area contributed by atoms with Gasteiger partial charge in [-0.3, -0.25) is 4.79 Å². The van der Waals surface area contributed by atoms with Crippen LogP contribution in [0.5, 0.6) is 0 Å². The van der Waals surface area contributed by atoms with Crippen LogP contribution in [0, 0.1) is 6.92 Å². The molecule has 2 fully saturated rings. The molecule has 5 rings (SSSR count). The van der Waals surface area contributed by atoms with Crippen LogP contribution in [-0.4, -0.2) is 46.6 Å². The highest BCUT2D eigenvalue weighted by molar-refractivity contribution is 7.91. The van der Waals surface area contributed by atoms with E-state index >= 15 is 0 Å². The zero-order valence-corrected chi connectivity index (χ0v) is 17.0. The average Bonchev–Trinajstić information content (AvgIpc) is 3.35. The van der Waals surface area contributed by atoms with Gasteiger partial charge in [-0.15, -0.1) is 0 Å². The van der Waals surface area contributed by atoms with Crippen molar-refractivity contribution < 1.29 is 13.2 Å². The van der Waals surface area contributed by atoms with E-state index in [1.165, 1.54) is 0 Å². The van der Waals surface area contributed by atoms with Gasteiger partial charge in [0.05, 0.1) is 34.4 Å². The van der Waals surface area contributed by atoms with Gasteiger partial charge in [0, 0.05) is 11.7 Å². The first-order valence-corrected chi connectivity index (χ1v) is 11.7. The minimum absolute atomic E-state index is 0.00601. The normalized spacial score (nSPS) is 26.2. The molecule has 0 bridgehead atoms. The van der Waals surface area contributed by atoms with E-state index in [9.17, 15) is 13.2 Å². The number of carbonyl (C=O) groups excluding carboxylic acids is 1. The summed E-state index contributed by atoms with van der Waals surface area (Å²) < 4.78 is 25.4. The number of carbonyl (C=O) groups is 1. The lowest BCUT2D eigenvalue weighted by Gasteiger charge is -2.38. The summed E-state index contributed by atoms with van der Waals surface area (Å²) in [6, 6.07) is 7.40. The Bertz CT molecular complexity index is 1080. The first-order valence-electron chi connectivity index (χ1n) is 9.49. The average molecular weight is 421 g/mol. The summed E-state index contributed by atoms with van der Waals surface area (Å²) in [6.45, 7) is 1.86. The Morgan fingerprint density at radius 1 is 1.18 bits per heavy atom. The second kappa shape index (κ2) is 6.22. The van der Waals surface area contributed by atoms with Gasteiger partial charge in [0.15, 0.2) is 9.84 Å². The van der Waals surface area contributed by atoms with Gasteiger partial charge >= 0.3 is 0 Å². The topological polar surface area (TPSA) is 84.3 Å². The summed E-state index contributed by atoms with van der Waals surface area (Å²) in [5, 5.41) is 8.45. The van der Waals surface area contributed by atoms with E-state index in [1.54, 1.807) is 4.68 Å². The second-order valence-corrected chi connectivity index (χ2v) is 10.4. The Kier molecular flexibility index (Phi) is 4.00. The predicted molar refractivity (Wildman–Crippen MR) is 106 cm³/mol. The Labute approximate surface area is 168 Å². The maximum atomic E-state index is 13.2. The van der Waals surface area contributed by atoms with Gasteiger partial charge in [-0.25, -0.2) is 13.1 Å². The van der Waals surface area contributed by atoms with E-state index in [2.05, 4.69) is 10.4 Å². The molecule has 3 heterocycles. The molecule has 0 radical (unpaired) electrons. The van der Waals surface area contributed by atoms with Crippen LogP contribution in [0.3, 0.4) is 0 Å². The van der Waals surface area contributed by atoms with Crippen molar-refractivity contribution in [2.75, 3.05) is 16.8 Å². The molecule has 0 unspecified atom stereocenters. The van der Waals surface area contributed by atoms with E-state index in [4.69, 9.17) is 11.6 Å². The molecular formula is C19H21ClN4O3S. The lowest BCUT2D eigenvalue weighted by molar-refractivity contribution is 0.0666. The Hall–Kier alpha value is -2.06. The van der Waals surface area contributed by atoms with Crippen LogP contribution < -0.4 is 5.32 Å². The molecule has 148 valence electrons. The highest BCUT2D eigenvalue weighted by Crippen LogP contribution is 2.44. The third-order valence-corrected chi connectivity index (χ3v) is 7.93. The van der Waals surface area contributed by atoms with Gasteiger partial charge in [-0.05, 0) is 38.3 Å². The molecule has 1 amide bonds. The molecule has 0 spiro atoms. The van der Waals surface area contributed by atoms with Crippen LogP contribution in [0.25, 0.3) is 0 Å². The van der Waals surface area contributed by atoms with Crippen molar-refractivity contribution in [1.82, 2.24) is 14.7 Å². The maximum Gasteiger partial charge on any atom is 0.258 e. The summed E-state index contributed by atoms with van der Waals surface area (Å²) >= 11 is 6.73. The lowest BCUT2D eigenvalue weighted by Crippen LogP contribution is -2.44. The molecule has 7 nitrogen and oxygen atoms in total. The number of halogens is 1. The highest BCUT2D eigenvalue weighted by Gasteiger charge is 2.44. The number of hydrogen-bond acceptors (Lipinski definition) is 5. The van der Waals surface area contributed by atoms with E-state index < -0.39 is 16.0 Å². The number of aryl methyl sites for hydroxylation is 1. The van der Waals surface area contributed by atoms with Crippen molar-refractivity contribution in [3.05, 3.63) is 46.2 Å². The molecule has 2 aromatic rings. The number of fused-ring (bicyclic) bond motifs is 1. The third-order valence-electron chi connectivity index (χ3n) is 5.80. The fourth-order valence-electron chi connectivity index (χ4n) is 4.26. The summed E-state index contributed by atoms with van der Waals surface area (Å²) in [4.78, 5) is 15.1. The number of anilines is 1. The van der Waals surface area contributed by atoms with Crippen LogP contribution in [0.1, 0.15) is 53.1 Å². The first-order chi connectivity index (χ1) is 13.4. The zero-order chi connectivity index (χ0) is 19.6. The number of rotatable bonds is 3. The molecule has 2 atom stereocenters. The number of amides is 1. The summed E-state index contributed by atoms with van der Waals surface area (Å²) in [5.74, 6) is 0.206. The minimum Gasteiger partial charge on any atom is -0.361 e. The van der Waals surface area contributed by atoms with E-state index in [0.29, 0.717) is 22.8 Å². The fraction of sp³-hybridized carbons (Fsp3) is 0.474. The van der Waals surface area contributed by atoms with Crippen LogP contribution in [0.4, 0.5) is 5.69 Å². The van der Waals surface area contributed by atoms with Crippen LogP contribution in [0.15, 0.2) is 24.3 Å². The number of para-hydroxylation sites is 1. The van der Waals surface area contributed by atoms with Gasteiger partial charge in [-0.2, -0.15) is 5.10 Å². The molecule has 3 aliphatic rings. The molecule has 2 aliphatic heterocycles. The summed E-state index contributed by atoms with van der Waals surface area (Å²) in [5.41, 5.74) is 2.90. The van der Waals surface area contributed by atoms with Crippen molar-refractivity contribution in [3.8, 4) is 0 Å². The summed E-state index contributed by atoms with van der Waals surface area (Å²) in [7, 11) is -3.05. The fourth-order valence-corrected chi connectivity index (χ4v) is 6.37. The third kappa shape index (κ3) is 2.81. The Morgan fingerprint density at radius 3 is 2.61 bits per heavy atom. The molecule has 1 aromatic carbocycles. The van der Waals surface area contributed by atoms with Crippen molar-refractivity contribution in [1.29, 1.82) is 0 Å². The molecular weight excluding hydrogens is 400 g/mol. The minimum atomic E-state index is -3.05. The van der Waals surface area contributed by atoms with E-state index in [0.717, 1.165) is 24.1 Å². The van der Waals surface area contributed by atoms with Crippen molar-refractivity contribution >= 4 is 33.0 Å². The van der Waals surface area contributed by atoms with Crippen LogP contribution in [0.2, 0.25) is 5.15 Å². The number of aromatic nitrogens is 2. The standard InChI is InChI=1S/C19H21ClN4O3S/c1-11-16(17(20)24(22-11)13-8-9-28(26,27)10-13)18-21-15-5-3-2-4-14(15)19(25)23(18)12-6-7-12/h2-5,12-13,18,21H,6-10H2,1H3/t13-,18-/m1/s1. The molecule has 1 saturated heterocycles. The number of nitrogens with zero attached hydrogens (tertiary/aromatic N) is 3. The Balaban J connectivity index is 1.58.